The Hall–Kier alpha value is -1.97. The number of carbonyl (C=O) groups excluding carboxylic acids is 2. The highest BCUT2D eigenvalue weighted by Gasteiger charge is 2.29. The third-order valence-electron chi connectivity index (χ3n) is 4.60. The molecule has 1 saturated heterocycles. The molecule has 1 heterocycles. The van der Waals surface area contributed by atoms with Crippen LogP contribution in [-0.4, -0.2) is 43.7 Å². The maximum atomic E-state index is 12.5. The van der Waals surface area contributed by atoms with E-state index in [1.54, 1.807) is 24.3 Å². The average molecular weight is 382 g/mol. The van der Waals surface area contributed by atoms with Gasteiger partial charge in [-0.25, -0.2) is 5.14 Å². The molecule has 1 aliphatic heterocycles. The first kappa shape index (κ1) is 20.3. The maximum absolute atomic E-state index is 12.5. The lowest BCUT2D eigenvalue weighted by Crippen LogP contribution is -2.44. The molecule has 4 N–H and O–H groups in total. The summed E-state index contributed by atoms with van der Waals surface area (Å²) in [5.41, 5.74) is 0.857. The molecule has 1 fully saturated rings. The van der Waals surface area contributed by atoms with Crippen molar-refractivity contribution in [1.29, 1.82) is 0 Å². The van der Waals surface area contributed by atoms with E-state index in [9.17, 15) is 18.0 Å². The number of carbonyl (C=O) groups is 2. The van der Waals surface area contributed by atoms with Gasteiger partial charge < -0.3 is 10.6 Å². The predicted octanol–water partition coefficient (Wildman–Crippen LogP) is 1.07. The fraction of sp³-hybridized carbons (Fsp3) is 0.529. The van der Waals surface area contributed by atoms with Crippen molar-refractivity contribution in [2.24, 2.45) is 11.1 Å². The van der Waals surface area contributed by atoms with E-state index in [4.69, 9.17) is 5.14 Å². The number of hydrogen-bond donors (Lipinski definition) is 3. The molecule has 0 aromatic heterocycles. The first-order chi connectivity index (χ1) is 12.2. The molecule has 0 spiro atoms. The van der Waals surface area contributed by atoms with Crippen LogP contribution in [-0.2, 0) is 15.0 Å². The lowest BCUT2D eigenvalue weighted by molar-refractivity contribution is -0.120. The fourth-order valence-corrected chi connectivity index (χ4v) is 3.52. The maximum Gasteiger partial charge on any atom is 0.276 e. The number of rotatable bonds is 6. The minimum absolute atomic E-state index is 0.0359. The molecule has 26 heavy (non-hydrogen) atoms. The summed E-state index contributed by atoms with van der Waals surface area (Å²) in [6, 6.07) is 6.87. The van der Waals surface area contributed by atoms with E-state index in [1.807, 2.05) is 13.8 Å². The van der Waals surface area contributed by atoms with Crippen molar-refractivity contribution in [2.75, 3.05) is 18.4 Å². The number of anilines is 1. The molecule has 144 valence electrons. The largest absolute Gasteiger partial charge is 0.350 e. The zero-order valence-corrected chi connectivity index (χ0v) is 15.9. The molecule has 9 heteroatoms. The number of nitrogens with zero attached hydrogens (tertiary/aromatic N) is 1. The van der Waals surface area contributed by atoms with Gasteiger partial charge in [-0.05, 0) is 38.3 Å². The molecule has 1 aliphatic rings. The van der Waals surface area contributed by atoms with E-state index >= 15 is 0 Å². The van der Waals surface area contributed by atoms with Gasteiger partial charge in [0.2, 0.25) is 5.91 Å². The second-order valence-electron chi connectivity index (χ2n) is 6.54. The highest BCUT2D eigenvalue weighted by molar-refractivity contribution is 7.86. The number of nitrogens with one attached hydrogen (secondary N) is 2. The van der Waals surface area contributed by atoms with Crippen LogP contribution in [0.1, 0.15) is 43.5 Å². The summed E-state index contributed by atoms with van der Waals surface area (Å²) in [6.07, 6.45) is 1.59. The number of nitrogens with two attached hydrogens (primary N) is 1. The van der Waals surface area contributed by atoms with Crippen molar-refractivity contribution < 1.29 is 18.0 Å². The molecule has 0 aliphatic carbocycles. The molecule has 2 rings (SSSR count). The summed E-state index contributed by atoms with van der Waals surface area (Å²) in [6.45, 7) is 4.32. The topological polar surface area (TPSA) is 122 Å². The summed E-state index contributed by atoms with van der Waals surface area (Å²) in [5.74, 6) is -0.777. The third-order valence-corrected chi connectivity index (χ3v) is 5.69. The van der Waals surface area contributed by atoms with E-state index < -0.39 is 10.2 Å². The van der Waals surface area contributed by atoms with Crippen LogP contribution in [0.2, 0.25) is 0 Å². The molecule has 0 radical (unpaired) electrons. The molecule has 1 aromatic carbocycles. The summed E-state index contributed by atoms with van der Waals surface area (Å²) >= 11 is 0. The Bertz CT molecular complexity index is 758. The minimum Gasteiger partial charge on any atom is -0.350 e. The summed E-state index contributed by atoms with van der Waals surface area (Å²) in [5, 5.41) is 10.8. The van der Waals surface area contributed by atoms with Gasteiger partial charge in [0.1, 0.15) is 0 Å². The van der Waals surface area contributed by atoms with Crippen molar-refractivity contribution in [2.45, 2.75) is 39.2 Å². The molecule has 1 unspecified atom stereocenters. The normalized spacial score (nSPS) is 17.5. The Morgan fingerprint density at radius 3 is 2.46 bits per heavy atom. The number of benzene rings is 1. The Labute approximate surface area is 154 Å². The second kappa shape index (κ2) is 8.61. The van der Waals surface area contributed by atoms with Gasteiger partial charge in [-0.3, -0.25) is 9.59 Å². The summed E-state index contributed by atoms with van der Waals surface area (Å²) in [7, 11) is -3.72. The molecule has 0 saturated carbocycles. The SMILES string of the molecule is CCC(C)NC(=O)c1ccccc1NC(=O)C1CCN(S(N)(=O)=O)CC1. The van der Waals surface area contributed by atoms with Gasteiger partial charge in [0.25, 0.3) is 16.1 Å². The minimum atomic E-state index is -3.72. The van der Waals surface area contributed by atoms with Crippen LogP contribution in [0.3, 0.4) is 0 Å². The Balaban J connectivity index is 2.03. The van der Waals surface area contributed by atoms with Crippen molar-refractivity contribution in [3.05, 3.63) is 29.8 Å². The van der Waals surface area contributed by atoms with Gasteiger partial charge in [0, 0.05) is 25.0 Å². The standard InChI is InChI=1S/C17H26N4O4S/c1-3-12(2)19-17(23)14-6-4-5-7-15(14)20-16(22)13-8-10-21(11-9-13)26(18,24)25/h4-7,12-13H,3,8-11H2,1-2H3,(H,19,23)(H,20,22)(H2,18,24,25). The predicted molar refractivity (Wildman–Crippen MR) is 99.7 cm³/mol. The molecule has 8 nitrogen and oxygen atoms in total. The van der Waals surface area contributed by atoms with E-state index in [1.165, 1.54) is 4.31 Å². The van der Waals surface area contributed by atoms with Gasteiger partial charge >= 0.3 is 0 Å². The summed E-state index contributed by atoms with van der Waals surface area (Å²) in [4.78, 5) is 24.9. The highest BCUT2D eigenvalue weighted by Crippen LogP contribution is 2.22. The van der Waals surface area contributed by atoms with E-state index in [2.05, 4.69) is 10.6 Å². The molecule has 0 bridgehead atoms. The smallest absolute Gasteiger partial charge is 0.276 e. The highest BCUT2D eigenvalue weighted by atomic mass is 32.2. The van der Waals surface area contributed by atoms with E-state index in [0.29, 0.717) is 24.1 Å². The van der Waals surface area contributed by atoms with Gasteiger partial charge in [-0.1, -0.05) is 19.1 Å². The second-order valence-corrected chi connectivity index (χ2v) is 8.08. The van der Waals surface area contributed by atoms with Crippen molar-refractivity contribution in [3.63, 3.8) is 0 Å². The van der Waals surface area contributed by atoms with Crippen molar-refractivity contribution in [3.8, 4) is 0 Å². The Kier molecular flexibility index (Phi) is 6.74. The fourth-order valence-electron chi connectivity index (χ4n) is 2.80. The third kappa shape index (κ3) is 5.26. The molecular weight excluding hydrogens is 356 g/mol. The van der Waals surface area contributed by atoms with Crippen LogP contribution >= 0.6 is 0 Å². The van der Waals surface area contributed by atoms with E-state index in [-0.39, 0.29) is 36.9 Å². The van der Waals surface area contributed by atoms with Crippen LogP contribution in [0.25, 0.3) is 0 Å². The van der Waals surface area contributed by atoms with Crippen molar-refractivity contribution in [1.82, 2.24) is 9.62 Å². The number of hydrogen-bond acceptors (Lipinski definition) is 4. The zero-order chi connectivity index (χ0) is 19.3. The molecule has 1 aromatic rings. The molecule has 2 amide bonds. The monoisotopic (exact) mass is 382 g/mol. The van der Waals surface area contributed by atoms with Crippen LogP contribution in [0.4, 0.5) is 5.69 Å². The average Bonchev–Trinajstić information content (AvgIpc) is 2.61. The molecular formula is C17H26N4O4S. The van der Waals surface area contributed by atoms with Gasteiger partial charge in [-0.15, -0.1) is 0 Å². The first-order valence-corrected chi connectivity index (χ1v) is 10.2. The Morgan fingerprint density at radius 2 is 1.88 bits per heavy atom. The van der Waals surface area contributed by atoms with Crippen LogP contribution < -0.4 is 15.8 Å². The van der Waals surface area contributed by atoms with Crippen LogP contribution in [0.5, 0.6) is 0 Å². The van der Waals surface area contributed by atoms with Gasteiger partial charge in [0.15, 0.2) is 0 Å². The van der Waals surface area contributed by atoms with Crippen LogP contribution in [0.15, 0.2) is 24.3 Å². The Morgan fingerprint density at radius 1 is 1.27 bits per heavy atom. The van der Waals surface area contributed by atoms with Gasteiger partial charge in [-0.2, -0.15) is 12.7 Å². The van der Waals surface area contributed by atoms with Gasteiger partial charge in [0.05, 0.1) is 11.3 Å². The lowest BCUT2D eigenvalue weighted by atomic mass is 9.97. The first-order valence-electron chi connectivity index (χ1n) is 8.71. The quantitative estimate of drug-likeness (QED) is 0.681. The molecule has 1 atom stereocenters. The van der Waals surface area contributed by atoms with E-state index in [0.717, 1.165) is 6.42 Å². The lowest BCUT2D eigenvalue weighted by Gasteiger charge is -2.29. The number of amides is 2. The summed E-state index contributed by atoms with van der Waals surface area (Å²) < 4.78 is 23.9. The number of piperidine rings is 1. The van der Waals surface area contributed by atoms with Crippen LogP contribution in [0, 0.1) is 5.92 Å². The zero-order valence-electron chi connectivity index (χ0n) is 15.1. The number of para-hydroxylation sites is 1. The van der Waals surface area contributed by atoms with Crippen molar-refractivity contribution >= 4 is 27.7 Å².